The molecule has 0 heterocycles. The second kappa shape index (κ2) is 9.66. The molecule has 0 spiro atoms. The zero-order valence-corrected chi connectivity index (χ0v) is 14.6. The van der Waals surface area contributed by atoms with Crippen LogP contribution in [0.25, 0.3) is 0 Å². The lowest BCUT2D eigenvalue weighted by atomic mass is 10.2. The van der Waals surface area contributed by atoms with Crippen molar-refractivity contribution in [3.63, 3.8) is 0 Å². The van der Waals surface area contributed by atoms with E-state index in [1.165, 1.54) is 11.0 Å². The van der Waals surface area contributed by atoms with E-state index in [4.69, 9.17) is 27.9 Å². The number of aliphatic imine (C=N–C) groups is 1. The highest BCUT2D eigenvalue weighted by Crippen LogP contribution is 2.22. The van der Waals surface area contributed by atoms with Crippen LogP contribution in [0.1, 0.15) is 23.7 Å². The van der Waals surface area contributed by atoms with Crippen LogP contribution in [0.2, 0.25) is 10.0 Å². The minimum Gasteiger partial charge on any atom is -0.465 e. The number of hydrogen-bond donors (Lipinski definition) is 2. The first-order valence-corrected chi connectivity index (χ1v) is 7.92. The van der Waals surface area contributed by atoms with Gasteiger partial charge in [-0.1, -0.05) is 23.2 Å². The smallest absolute Gasteiger partial charge is 0.291 e. The van der Waals surface area contributed by atoms with Gasteiger partial charge in [-0.25, -0.2) is 4.99 Å². The molecule has 0 aliphatic carbocycles. The second-order valence-electron chi connectivity index (χ2n) is 5.01. The zero-order chi connectivity index (χ0) is 16.5. The minimum atomic E-state index is -0.330. The van der Waals surface area contributed by atoms with E-state index < -0.39 is 0 Å². The lowest BCUT2D eigenvalue weighted by Crippen LogP contribution is -3.05. The standard InChI is InChI=1S/C15H21Cl2N3O2/c1-4-22-15(18-8-5-9-20(2)3)19-14(21)11-6-7-12(16)13(17)10-11/h6-7,10H,4-5,8-9H2,1-3H3,(H,18,19,21)/p+1. The SMILES string of the molecule is CCOC(=NCCC[NH+](C)C)NC(=O)c1ccc(Cl)c(Cl)c1. The van der Waals surface area contributed by atoms with E-state index in [1.807, 2.05) is 6.92 Å². The topological polar surface area (TPSA) is 55.1 Å². The van der Waals surface area contributed by atoms with E-state index in [2.05, 4.69) is 24.4 Å². The normalized spacial score (nSPS) is 11.6. The van der Waals surface area contributed by atoms with E-state index in [0.29, 0.717) is 28.8 Å². The number of nitrogens with zero attached hydrogens (tertiary/aromatic N) is 1. The van der Waals surface area contributed by atoms with E-state index >= 15 is 0 Å². The van der Waals surface area contributed by atoms with Crippen molar-refractivity contribution in [1.82, 2.24) is 5.32 Å². The number of carbonyl (C=O) groups is 1. The molecule has 22 heavy (non-hydrogen) atoms. The summed E-state index contributed by atoms with van der Waals surface area (Å²) in [4.78, 5) is 17.8. The Morgan fingerprint density at radius 1 is 1.32 bits per heavy atom. The number of rotatable bonds is 6. The largest absolute Gasteiger partial charge is 0.465 e. The van der Waals surface area contributed by atoms with Crippen LogP contribution in [0, 0.1) is 0 Å². The summed E-state index contributed by atoms with van der Waals surface area (Å²) in [7, 11) is 4.17. The summed E-state index contributed by atoms with van der Waals surface area (Å²) >= 11 is 11.7. The summed E-state index contributed by atoms with van der Waals surface area (Å²) in [5.41, 5.74) is 0.402. The van der Waals surface area contributed by atoms with Gasteiger partial charge in [-0.15, -0.1) is 0 Å². The van der Waals surface area contributed by atoms with Gasteiger partial charge < -0.3 is 9.64 Å². The van der Waals surface area contributed by atoms with E-state index in [-0.39, 0.29) is 11.9 Å². The van der Waals surface area contributed by atoms with Crippen LogP contribution in [-0.2, 0) is 4.74 Å². The molecule has 0 atom stereocenters. The van der Waals surface area contributed by atoms with Crippen molar-refractivity contribution in [3.05, 3.63) is 33.8 Å². The molecule has 0 aliphatic heterocycles. The number of hydrogen-bond acceptors (Lipinski definition) is 3. The van der Waals surface area contributed by atoms with Crippen LogP contribution >= 0.6 is 23.2 Å². The van der Waals surface area contributed by atoms with Crippen LogP contribution in [0.15, 0.2) is 23.2 Å². The highest BCUT2D eigenvalue weighted by atomic mass is 35.5. The number of amides is 1. The van der Waals surface area contributed by atoms with Gasteiger partial charge in [-0.05, 0) is 25.1 Å². The van der Waals surface area contributed by atoms with Crippen molar-refractivity contribution in [2.24, 2.45) is 4.99 Å². The number of ether oxygens (including phenoxy) is 1. The van der Waals surface area contributed by atoms with Crippen molar-refractivity contribution in [1.29, 1.82) is 0 Å². The van der Waals surface area contributed by atoms with Crippen molar-refractivity contribution >= 4 is 35.1 Å². The van der Waals surface area contributed by atoms with Crippen molar-refractivity contribution in [2.75, 3.05) is 33.8 Å². The third-order valence-electron chi connectivity index (χ3n) is 2.77. The summed E-state index contributed by atoms with van der Waals surface area (Å²) in [5, 5.41) is 3.39. The van der Waals surface area contributed by atoms with Gasteiger partial charge in [0.05, 0.1) is 37.3 Å². The predicted octanol–water partition coefficient (Wildman–Crippen LogP) is 1.65. The zero-order valence-electron chi connectivity index (χ0n) is 13.1. The Morgan fingerprint density at radius 2 is 2.05 bits per heavy atom. The molecule has 0 aromatic heterocycles. The van der Waals surface area contributed by atoms with Crippen molar-refractivity contribution in [3.8, 4) is 0 Å². The monoisotopic (exact) mass is 346 g/mol. The first-order chi connectivity index (χ1) is 10.4. The van der Waals surface area contributed by atoms with Crippen LogP contribution in [0.3, 0.4) is 0 Å². The maximum atomic E-state index is 12.2. The Morgan fingerprint density at radius 3 is 2.64 bits per heavy atom. The lowest BCUT2D eigenvalue weighted by Gasteiger charge is -2.10. The van der Waals surface area contributed by atoms with Gasteiger partial charge in [0.25, 0.3) is 11.9 Å². The van der Waals surface area contributed by atoms with Gasteiger partial charge in [0.1, 0.15) is 0 Å². The van der Waals surface area contributed by atoms with Gasteiger partial charge in [0.15, 0.2) is 0 Å². The molecule has 0 radical (unpaired) electrons. The van der Waals surface area contributed by atoms with E-state index in [1.54, 1.807) is 12.1 Å². The van der Waals surface area contributed by atoms with Crippen LogP contribution in [0.5, 0.6) is 0 Å². The van der Waals surface area contributed by atoms with Gasteiger partial charge in [-0.2, -0.15) is 0 Å². The molecule has 0 aliphatic rings. The number of benzene rings is 1. The number of nitrogens with one attached hydrogen (secondary N) is 2. The molecule has 122 valence electrons. The van der Waals surface area contributed by atoms with Gasteiger partial charge in [-0.3, -0.25) is 10.1 Å². The Kier molecular flexibility index (Phi) is 8.24. The molecule has 0 bridgehead atoms. The summed E-state index contributed by atoms with van der Waals surface area (Å²) in [6.45, 7) is 3.87. The summed E-state index contributed by atoms with van der Waals surface area (Å²) < 4.78 is 5.35. The minimum absolute atomic E-state index is 0.229. The van der Waals surface area contributed by atoms with Gasteiger partial charge in [0, 0.05) is 18.5 Å². The molecular weight excluding hydrogens is 325 g/mol. The number of carbonyl (C=O) groups excluding carboxylic acids is 1. The van der Waals surface area contributed by atoms with Crippen LogP contribution < -0.4 is 10.2 Å². The van der Waals surface area contributed by atoms with Crippen LogP contribution in [0.4, 0.5) is 0 Å². The Balaban J connectivity index is 2.66. The quantitative estimate of drug-likeness (QED) is 0.467. The molecule has 7 heteroatoms. The summed E-state index contributed by atoms with van der Waals surface area (Å²) in [6.07, 6.45) is 0.918. The average molecular weight is 347 g/mol. The molecule has 2 N–H and O–H groups in total. The first kappa shape index (κ1) is 18.7. The molecule has 0 saturated carbocycles. The Bertz CT molecular complexity index is 534. The highest BCUT2D eigenvalue weighted by molar-refractivity contribution is 6.42. The maximum absolute atomic E-state index is 12.2. The highest BCUT2D eigenvalue weighted by Gasteiger charge is 2.11. The predicted molar refractivity (Wildman–Crippen MR) is 90.2 cm³/mol. The Labute approximate surface area is 141 Å². The third kappa shape index (κ3) is 6.64. The molecule has 1 aromatic rings. The van der Waals surface area contributed by atoms with E-state index in [9.17, 15) is 4.79 Å². The van der Waals surface area contributed by atoms with Crippen molar-refractivity contribution < 1.29 is 14.4 Å². The fourth-order valence-corrected chi connectivity index (χ4v) is 1.98. The fraction of sp³-hybridized carbons (Fsp3) is 0.467. The van der Waals surface area contributed by atoms with Crippen LogP contribution in [-0.4, -0.2) is 45.7 Å². The maximum Gasteiger partial charge on any atom is 0.291 e. The summed E-state index contributed by atoms with van der Waals surface area (Å²) in [6, 6.07) is 4.92. The fourth-order valence-electron chi connectivity index (χ4n) is 1.68. The molecule has 0 saturated heterocycles. The molecule has 5 nitrogen and oxygen atoms in total. The first-order valence-electron chi connectivity index (χ1n) is 7.16. The molecule has 1 amide bonds. The molecule has 1 aromatic carbocycles. The molecule has 1 rings (SSSR count). The average Bonchev–Trinajstić information content (AvgIpc) is 2.46. The Hall–Kier alpha value is -1.30. The number of amidine groups is 1. The summed E-state index contributed by atoms with van der Waals surface area (Å²) in [5.74, 6) is -0.330. The van der Waals surface area contributed by atoms with Gasteiger partial charge >= 0.3 is 0 Å². The molecule has 0 unspecified atom stereocenters. The van der Waals surface area contributed by atoms with Gasteiger partial charge in [0.2, 0.25) is 0 Å². The van der Waals surface area contributed by atoms with Crippen molar-refractivity contribution in [2.45, 2.75) is 13.3 Å². The third-order valence-corrected chi connectivity index (χ3v) is 3.51. The van der Waals surface area contributed by atoms with E-state index in [0.717, 1.165) is 13.0 Å². The number of halogens is 2. The lowest BCUT2D eigenvalue weighted by molar-refractivity contribution is -0.858. The number of quaternary nitrogens is 1. The molecule has 0 fully saturated rings. The molecular formula is C15H22Cl2N3O2+. The second-order valence-corrected chi connectivity index (χ2v) is 5.83.